The van der Waals surface area contributed by atoms with Gasteiger partial charge in [-0.1, -0.05) is 0 Å². The van der Waals surface area contributed by atoms with Gasteiger partial charge in [-0.3, -0.25) is 0 Å². The molecular formula is C12H19NO4S. The number of sulfonamides is 1. The highest BCUT2D eigenvalue weighted by molar-refractivity contribution is 7.89. The highest BCUT2D eigenvalue weighted by Crippen LogP contribution is 2.18. The van der Waals surface area contributed by atoms with Crippen LogP contribution >= 0.6 is 0 Å². The Hall–Kier alpha value is -0.850. The molecule has 2 rings (SSSR count). The molecule has 1 aliphatic heterocycles. The van der Waals surface area contributed by atoms with Crippen LogP contribution in [0.3, 0.4) is 0 Å². The van der Waals surface area contributed by atoms with E-state index in [0.29, 0.717) is 19.0 Å². The Morgan fingerprint density at radius 2 is 2.22 bits per heavy atom. The first-order valence-corrected chi connectivity index (χ1v) is 7.65. The van der Waals surface area contributed by atoms with Gasteiger partial charge in [0.1, 0.15) is 11.5 Å². The zero-order chi connectivity index (χ0) is 13.2. The van der Waals surface area contributed by atoms with E-state index < -0.39 is 10.0 Å². The minimum absolute atomic E-state index is 0.121. The zero-order valence-corrected chi connectivity index (χ0v) is 11.6. The fourth-order valence-corrected chi connectivity index (χ4v) is 3.46. The van der Waals surface area contributed by atoms with Crippen molar-refractivity contribution in [3.63, 3.8) is 0 Å². The van der Waals surface area contributed by atoms with Crippen molar-refractivity contribution in [1.29, 1.82) is 0 Å². The standard InChI is InChI=1S/C12H19NO4S/c1-10-3-4-12(17-10)7-13(2)18(14,15)9-11-5-6-16-8-11/h3-4,11H,5-9H2,1-2H3. The van der Waals surface area contributed by atoms with Crippen LogP contribution in [0.4, 0.5) is 0 Å². The van der Waals surface area contributed by atoms with Crippen LogP contribution < -0.4 is 0 Å². The Kier molecular flexibility index (Phi) is 4.09. The predicted molar refractivity (Wildman–Crippen MR) is 67.6 cm³/mol. The Labute approximate surface area is 108 Å². The van der Waals surface area contributed by atoms with E-state index in [9.17, 15) is 8.42 Å². The molecule has 1 fully saturated rings. The molecule has 2 heterocycles. The average Bonchev–Trinajstić information content (AvgIpc) is 2.90. The fraction of sp³-hybridized carbons (Fsp3) is 0.667. The third-order valence-corrected chi connectivity index (χ3v) is 5.09. The molecular weight excluding hydrogens is 254 g/mol. The SMILES string of the molecule is Cc1ccc(CN(C)S(=O)(=O)CC2CCOC2)o1. The van der Waals surface area contributed by atoms with E-state index in [1.807, 2.05) is 13.0 Å². The van der Waals surface area contributed by atoms with Gasteiger partial charge in [-0.25, -0.2) is 8.42 Å². The van der Waals surface area contributed by atoms with Crippen molar-refractivity contribution in [2.24, 2.45) is 5.92 Å². The first kappa shape index (κ1) is 13.6. The molecule has 1 saturated heterocycles. The van der Waals surface area contributed by atoms with Crippen LogP contribution in [0.25, 0.3) is 0 Å². The number of aryl methyl sites for hydroxylation is 1. The summed E-state index contributed by atoms with van der Waals surface area (Å²) < 4.78 is 36.2. The van der Waals surface area contributed by atoms with Gasteiger partial charge in [-0.2, -0.15) is 4.31 Å². The number of furan rings is 1. The van der Waals surface area contributed by atoms with E-state index in [1.54, 1.807) is 13.1 Å². The summed E-state index contributed by atoms with van der Waals surface area (Å²) in [6.07, 6.45) is 0.826. The van der Waals surface area contributed by atoms with Crippen LogP contribution in [-0.4, -0.2) is 38.7 Å². The van der Waals surface area contributed by atoms with Crippen molar-refractivity contribution >= 4 is 10.0 Å². The van der Waals surface area contributed by atoms with Crippen LogP contribution in [0.5, 0.6) is 0 Å². The van der Waals surface area contributed by atoms with Crippen LogP contribution in [0.2, 0.25) is 0 Å². The fourth-order valence-electron chi connectivity index (χ4n) is 2.03. The highest BCUT2D eigenvalue weighted by Gasteiger charge is 2.26. The van der Waals surface area contributed by atoms with Gasteiger partial charge < -0.3 is 9.15 Å². The molecule has 0 spiro atoms. The lowest BCUT2D eigenvalue weighted by Crippen LogP contribution is -2.31. The highest BCUT2D eigenvalue weighted by atomic mass is 32.2. The van der Waals surface area contributed by atoms with Gasteiger partial charge in [0.15, 0.2) is 0 Å². The number of rotatable bonds is 5. The maximum absolute atomic E-state index is 12.1. The van der Waals surface area contributed by atoms with Gasteiger partial charge in [-0.05, 0) is 31.4 Å². The Morgan fingerprint density at radius 3 is 2.78 bits per heavy atom. The van der Waals surface area contributed by atoms with Gasteiger partial charge in [-0.15, -0.1) is 0 Å². The summed E-state index contributed by atoms with van der Waals surface area (Å²) in [6.45, 7) is 3.34. The van der Waals surface area contributed by atoms with Crippen molar-refractivity contribution in [3.8, 4) is 0 Å². The topological polar surface area (TPSA) is 59.8 Å². The number of hydrogen-bond acceptors (Lipinski definition) is 4. The molecule has 0 saturated carbocycles. The molecule has 0 aliphatic carbocycles. The summed E-state index contributed by atoms with van der Waals surface area (Å²) in [5.41, 5.74) is 0. The van der Waals surface area contributed by atoms with Crippen molar-refractivity contribution in [2.45, 2.75) is 19.9 Å². The van der Waals surface area contributed by atoms with Crippen LogP contribution in [0.1, 0.15) is 17.9 Å². The van der Waals surface area contributed by atoms with Crippen LogP contribution in [0.15, 0.2) is 16.5 Å². The predicted octanol–water partition coefficient (Wildman–Crippen LogP) is 1.39. The summed E-state index contributed by atoms with van der Waals surface area (Å²) in [7, 11) is -1.65. The summed E-state index contributed by atoms with van der Waals surface area (Å²) in [5.74, 6) is 1.74. The van der Waals surface area contributed by atoms with E-state index in [0.717, 1.165) is 12.2 Å². The van der Waals surface area contributed by atoms with Crippen molar-refractivity contribution < 1.29 is 17.6 Å². The van der Waals surface area contributed by atoms with Crippen molar-refractivity contribution in [1.82, 2.24) is 4.31 Å². The summed E-state index contributed by atoms with van der Waals surface area (Å²) in [6, 6.07) is 3.64. The maximum Gasteiger partial charge on any atom is 0.214 e. The largest absolute Gasteiger partial charge is 0.465 e. The van der Waals surface area contributed by atoms with E-state index >= 15 is 0 Å². The molecule has 6 heteroatoms. The summed E-state index contributed by atoms with van der Waals surface area (Å²) in [5, 5.41) is 0. The van der Waals surface area contributed by atoms with Gasteiger partial charge >= 0.3 is 0 Å². The molecule has 18 heavy (non-hydrogen) atoms. The van der Waals surface area contributed by atoms with Gasteiger partial charge in [0.05, 0.1) is 18.9 Å². The molecule has 1 aliphatic rings. The number of hydrogen-bond donors (Lipinski definition) is 0. The molecule has 0 aromatic carbocycles. The third-order valence-electron chi connectivity index (χ3n) is 3.12. The lowest BCUT2D eigenvalue weighted by molar-refractivity contribution is 0.188. The molecule has 1 aromatic heterocycles. The molecule has 0 radical (unpaired) electrons. The molecule has 102 valence electrons. The van der Waals surface area contributed by atoms with E-state index in [2.05, 4.69) is 0 Å². The first-order chi connectivity index (χ1) is 8.47. The second-order valence-electron chi connectivity index (χ2n) is 4.78. The molecule has 1 atom stereocenters. The smallest absolute Gasteiger partial charge is 0.214 e. The van der Waals surface area contributed by atoms with E-state index in [4.69, 9.17) is 9.15 Å². The molecule has 1 aromatic rings. The van der Waals surface area contributed by atoms with Gasteiger partial charge in [0.2, 0.25) is 10.0 Å². The lowest BCUT2D eigenvalue weighted by atomic mass is 10.2. The lowest BCUT2D eigenvalue weighted by Gasteiger charge is -2.17. The average molecular weight is 273 g/mol. The quantitative estimate of drug-likeness (QED) is 0.813. The number of ether oxygens (including phenoxy) is 1. The van der Waals surface area contributed by atoms with Crippen molar-refractivity contribution in [2.75, 3.05) is 26.0 Å². The van der Waals surface area contributed by atoms with E-state index in [1.165, 1.54) is 4.31 Å². The van der Waals surface area contributed by atoms with Crippen LogP contribution in [0, 0.1) is 12.8 Å². The normalized spacial score (nSPS) is 20.7. The van der Waals surface area contributed by atoms with Gasteiger partial charge in [0.25, 0.3) is 0 Å². The second-order valence-corrected chi connectivity index (χ2v) is 6.90. The molecule has 1 unspecified atom stereocenters. The Morgan fingerprint density at radius 1 is 1.44 bits per heavy atom. The van der Waals surface area contributed by atoms with Gasteiger partial charge in [0, 0.05) is 13.7 Å². The van der Waals surface area contributed by atoms with Crippen molar-refractivity contribution in [3.05, 3.63) is 23.7 Å². The minimum atomic E-state index is -3.24. The summed E-state index contributed by atoms with van der Waals surface area (Å²) >= 11 is 0. The monoisotopic (exact) mass is 273 g/mol. The Balaban J connectivity index is 1.96. The Bertz CT molecular complexity index is 488. The maximum atomic E-state index is 12.1. The zero-order valence-electron chi connectivity index (χ0n) is 10.8. The first-order valence-electron chi connectivity index (χ1n) is 6.04. The van der Waals surface area contributed by atoms with Crippen LogP contribution in [-0.2, 0) is 21.3 Å². The number of nitrogens with zero attached hydrogens (tertiary/aromatic N) is 1. The molecule has 0 bridgehead atoms. The molecule has 0 amide bonds. The summed E-state index contributed by atoms with van der Waals surface area (Å²) in [4.78, 5) is 0. The van der Waals surface area contributed by atoms with E-state index in [-0.39, 0.29) is 18.2 Å². The minimum Gasteiger partial charge on any atom is -0.465 e. The second kappa shape index (κ2) is 5.42. The molecule has 5 nitrogen and oxygen atoms in total. The third kappa shape index (κ3) is 3.34. The molecule has 0 N–H and O–H groups in total.